The first-order valence-corrected chi connectivity index (χ1v) is 8.90. The van der Waals surface area contributed by atoms with E-state index in [1.54, 1.807) is 12.0 Å². The Bertz CT molecular complexity index is 503. The van der Waals surface area contributed by atoms with Gasteiger partial charge in [0.05, 0.1) is 6.04 Å². The van der Waals surface area contributed by atoms with Gasteiger partial charge >= 0.3 is 5.97 Å². The largest absolute Gasteiger partial charge is 0.481 e. The van der Waals surface area contributed by atoms with Crippen LogP contribution in [0, 0.1) is 5.41 Å². The number of carbonyl (C=O) groups excluding carboxylic acids is 2. The van der Waals surface area contributed by atoms with Gasteiger partial charge in [-0.2, -0.15) is 0 Å². The molecule has 1 spiro atoms. The van der Waals surface area contributed by atoms with Gasteiger partial charge in [-0.1, -0.05) is 0 Å². The topological polar surface area (TPSA) is 113 Å². The molecule has 8 nitrogen and oxygen atoms in total. The van der Waals surface area contributed by atoms with Crippen LogP contribution in [0.4, 0.5) is 0 Å². The minimum absolute atomic E-state index is 0.0356. The van der Waals surface area contributed by atoms with Gasteiger partial charge in [0.25, 0.3) is 0 Å². The van der Waals surface area contributed by atoms with Gasteiger partial charge in [0.2, 0.25) is 11.8 Å². The molecule has 2 amide bonds. The van der Waals surface area contributed by atoms with Gasteiger partial charge in [0.1, 0.15) is 0 Å². The summed E-state index contributed by atoms with van der Waals surface area (Å²) >= 11 is 0. The zero-order chi connectivity index (χ0) is 18.4. The van der Waals surface area contributed by atoms with Crippen molar-refractivity contribution in [3.8, 4) is 0 Å². The SMILES string of the molecule is COCCCN1CC2(CCN(C(=O)C(N)CCC(=O)O)CC2)CC1=O. The number of piperidine rings is 1. The Hall–Kier alpha value is -1.67. The molecule has 0 bridgehead atoms. The molecule has 1 atom stereocenters. The van der Waals surface area contributed by atoms with Crippen LogP contribution in [0.15, 0.2) is 0 Å². The summed E-state index contributed by atoms with van der Waals surface area (Å²) in [6, 6.07) is -0.763. The van der Waals surface area contributed by atoms with Crippen LogP contribution in [0.25, 0.3) is 0 Å². The first kappa shape index (κ1) is 19.7. The maximum Gasteiger partial charge on any atom is 0.303 e. The summed E-state index contributed by atoms with van der Waals surface area (Å²) in [6.07, 6.45) is 3.01. The molecule has 1 unspecified atom stereocenters. The highest BCUT2D eigenvalue weighted by atomic mass is 16.5. The second kappa shape index (κ2) is 8.62. The van der Waals surface area contributed by atoms with Crippen LogP contribution in [-0.4, -0.2) is 78.6 Å². The van der Waals surface area contributed by atoms with E-state index >= 15 is 0 Å². The van der Waals surface area contributed by atoms with Crippen LogP contribution in [0.5, 0.6) is 0 Å². The summed E-state index contributed by atoms with van der Waals surface area (Å²) < 4.78 is 5.04. The molecule has 0 aliphatic carbocycles. The number of carboxylic acid groups (broad SMARTS) is 1. The molecule has 2 saturated heterocycles. The zero-order valence-electron chi connectivity index (χ0n) is 14.9. The molecule has 0 aromatic rings. The second-order valence-electron chi connectivity index (χ2n) is 7.20. The highest BCUT2D eigenvalue weighted by Gasteiger charge is 2.45. The first-order chi connectivity index (χ1) is 11.9. The number of amides is 2. The van der Waals surface area contributed by atoms with Crippen molar-refractivity contribution in [3.05, 3.63) is 0 Å². The van der Waals surface area contributed by atoms with Gasteiger partial charge in [-0.25, -0.2) is 0 Å². The number of nitrogens with zero attached hydrogens (tertiary/aromatic N) is 2. The summed E-state index contributed by atoms with van der Waals surface area (Å²) in [7, 11) is 1.65. The van der Waals surface area contributed by atoms with Crippen molar-refractivity contribution in [1.29, 1.82) is 0 Å². The molecule has 2 aliphatic rings. The number of nitrogens with two attached hydrogens (primary N) is 1. The molecule has 0 aromatic heterocycles. The Morgan fingerprint density at radius 1 is 1.36 bits per heavy atom. The smallest absolute Gasteiger partial charge is 0.303 e. The standard InChI is InChI=1S/C17H29N3O5/c1-25-10-2-7-20-12-17(11-14(20)21)5-8-19(9-6-17)16(24)13(18)3-4-15(22)23/h13H,2-12,18H2,1H3,(H,22,23). The third-order valence-corrected chi connectivity index (χ3v) is 5.30. The summed E-state index contributed by atoms with van der Waals surface area (Å²) in [5.74, 6) is -0.940. The van der Waals surface area contributed by atoms with Crippen LogP contribution in [0.3, 0.4) is 0 Å². The van der Waals surface area contributed by atoms with Gasteiger partial charge < -0.3 is 25.4 Å². The summed E-state index contributed by atoms with van der Waals surface area (Å²) in [4.78, 5) is 38.8. The molecule has 142 valence electrons. The number of ether oxygens (including phenoxy) is 1. The Kier molecular flexibility index (Phi) is 6.78. The lowest BCUT2D eigenvalue weighted by Crippen LogP contribution is -2.50. The monoisotopic (exact) mass is 355 g/mol. The predicted molar refractivity (Wildman–Crippen MR) is 90.8 cm³/mol. The quantitative estimate of drug-likeness (QED) is 0.595. The van der Waals surface area contributed by atoms with Crippen molar-refractivity contribution >= 4 is 17.8 Å². The van der Waals surface area contributed by atoms with Crippen molar-refractivity contribution < 1.29 is 24.2 Å². The third-order valence-electron chi connectivity index (χ3n) is 5.30. The van der Waals surface area contributed by atoms with Crippen LogP contribution >= 0.6 is 0 Å². The number of aliphatic carboxylic acids is 1. The number of hydrogen-bond acceptors (Lipinski definition) is 5. The van der Waals surface area contributed by atoms with Crippen LogP contribution in [0.1, 0.15) is 38.5 Å². The van der Waals surface area contributed by atoms with Crippen LogP contribution < -0.4 is 5.73 Å². The van der Waals surface area contributed by atoms with Crippen LogP contribution in [0.2, 0.25) is 0 Å². The molecule has 0 radical (unpaired) electrons. The average molecular weight is 355 g/mol. The molecule has 2 fully saturated rings. The maximum absolute atomic E-state index is 12.3. The minimum atomic E-state index is -0.945. The lowest BCUT2D eigenvalue weighted by Gasteiger charge is -2.39. The van der Waals surface area contributed by atoms with E-state index in [1.807, 2.05) is 4.90 Å². The van der Waals surface area contributed by atoms with E-state index in [0.717, 1.165) is 32.4 Å². The van der Waals surface area contributed by atoms with E-state index in [9.17, 15) is 14.4 Å². The van der Waals surface area contributed by atoms with Gasteiger partial charge in [0, 0.05) is 58.2 Å². The summed E-state index contributed by atoms with van der Waals surface area (Å²) in [5.41, 5.74) is 5.79. The lowest BCUT2D eigenvalue weighted by molar-refractivity contribution is -0.138. The first-order valence-electron chi connectivity index (χ1n) is 8.90. The van der Waals surface area contributed by atoms with E-state index in [0.29, 0.717) is 26.1 Å². The predicted octanol–water partition coefficient (Wildman–Crippen LogP) is 0.0561. The fourth-order valence-corrected chi connectivity index (χ4v) is 3.76. The average Bonchev–Trinajstić information content (AvgIpc) is 2.88. The van der Waals surface area contributed by atoms with E-state index in [2.05, 4.69) is 0 Å². The fraction of sp³-hybridized carbons (Fsp3) is 0.824. The number of carboxylic acids is 1. The molecule has 0 aromatic carbocycles. The van der Waals surface area contributed by atoms with Crippen molar-refractivity contribution in [2.24, 2.45) is 11.1 Å². The fourth-order valence-electron chi connectivity index (χ4n) is 3.76. The zero-order valence-corrected chi connectivity index (χ0v) is 14.9. The number of likely N-dealkylation sites (tertiary alicyclic amines) is 2. The van der Waals surface area contributed by atoms with Gasteiger partial charge in [-0.05, 0) is 25.7 Å². The molecular formula is C17H29N3O5. The Morgan fingerprint density at radius 2 is 2.04 bits per heavy atom. The van der Waals surface area contributed by atoms with Crippen molar-refractivity contribution in [2.45, 2.75) is 44.6 Å². The Morgan fingerprint density at radius 3 is 2.64 bits per heavy atom. The minimum Gasteiger partial charge on any atom is -0.481 e. The van der Waals surface area contributed by atoms with Crippen molar-refractivity contribution in [2.75, 3.05) is 39.9 Å². The van der Waals surface area contributed by atoms with Gasteiger partial charge in [-0.15, -0.1) is 0 Å². The van der Waals surface area contributed by atoms with E-state index in [4.69, 9.17) is 15.6 Å². The molecule has 2 rings (SSSR count). The van der Waals surface area contributed by atoms with E-state index < -0.39 is 12.0 Å². The number of hydrogen-bond donors (Lipinski definition) is 2. The normalized spacial score (nSPS) is 21.0. The van der Waals surface area contributed by atoms with Crippen molar-refractivity contribution in [3.63, 3.8) is 0 Å². The lowest BCUT2D eigenvalue weighted by atomic mass is 9.77. The second-order valence-corrected chi connectivity index (χ2v) is 7.20. The third kappa shape index (κ3) is 5.15. The maximum atomic E-state index is 12.3. The molecular weight excluding hydrogens is 326 g/mol. The Labute approximate surface area is 148 Å². The Balaban J connectivity index is 1.81. The van der Waals surface area contributed by atoms with Gasteiger partial charge in [-0.3, -0.25) is 14.4 Å². The van der Waals surface area contributed by atoms with Crippen molar-refractivity contribution in [1.82, 2.24) is 9.80 Å². The summed E-state index contributed by atoms with van der Waals surface area (Å²) in [5, 5.41) is 8.70. The van der Waals surface area contributed by atoms with Gasteiger partial charge in [0.15, 0.2) is 0 Å². The summed E-state index contributed by atoms with van der Waals surface area (Å²) in [6.45, 7) is 3.28. The molecule has 0 saturated carbocycles. The van der Waals surface area contributed by atoms with E-state index in [-0.39, 0.29) is 30.1 Å². The molecule has 3 N–H and O–H groups in total. The molecule has 2 heterocycles. The highest BCUT2D eigenvalue weighted by Crippen LogP contribution is 2.41. The van der Waals surface area contributed by atoms with E-state index in [1.165, 1.54) is 0 Å². The molecule has 2 aliphatic heterocycles. The number of methoxy groups -OCH3 is 1. The van der Waals surface area contributed by atoms with Crippen LogP contribution in [-0.2, 0) is 19.1 Å². The molecule has 8 heteroatoms. The highest BCUT2D eigenvalue weighted by molar-refractivity contribution is 5.83. The number of rotatable bonds is 8. The number of carbonyl (C=O) groups is 3. The molecule has 25 heavy (non-hydrogen) atoms.